The minimum atomic E-state index is -0.605. The molecule has 11 heteroatoms. The fourth-order valence-electron chi connectivity index (χ4n) is 3.76. The highest BCUT2D eigenvalue weighted by Crippen LogP contribution is 2.27. The van der Waals surface area contributed by atoms with Crippen molar-refractivity contribution in [2.75, 3.05) is 23.3 Å². The number of hydrogen-bond acceptors (Lipinski definition) is 7. The van der Waals surface area contributed by atoms with Gasteiger partial charge in [0.2, 0.25) is 0 Å². The number of carbonyl (C=O) groups is 1. The summed E-state index contributed by atoms with van der Waals surface area (Å²) in [6.07, 6.45) is 2.53. The van der Waals surface area contributed by atoms with E-state index < -0.39 is 16.6 Å². The van der Waals surface area contributed by atoms with Crippen LogP contribution in [0.3, 0.4) is 0 Å². The van der Waals surface area contributed by atoms with Crippen LogP contribution in [-0.4, -0.2) is 50.9 Å². The van der Waals surface area contributed by atoms with Gasteiger partial charge in [-0.15, -0.1) is 0 Å². The topological polar surface area (TPSA) is 115 Å². The van der Waals surface area contributed by atoms with Gasteiger partial charge in [0.25, 0.3) is 11.6 Å². The molecule has 10 nitrogen and oxygen atoms in total. The summed E-state index contributed by atoms with van der Waals surface area (Å²) in [4.78, 5) is 29.2. The molecule has 1 aliphatic heterocycles. The summed E-state index contributed by atoms with van der Waals surface area (Å²) in [7, 11) is 0. The second-order valence-corrected chi connectivity index (χ2v) is 7.58. The number of rotatable bonds is 5. The fourth-order valence-corrected chi connectivity index (χ4v) is 3.76. The lowest BCUT2D eigenvalue weighted by Crippen LogP contribution is -2.45. The third-order valence-electron chi connectivity index (χ3n) is 5.07. The third kappa shape index (κ3) is 4.42. The number of amides is 1. The van der Waals surface area contributed by atoms with Gasteiger partial charge in [-0.3, -0.25) is 14.9 Å². The highest BCUT2D eigenvalue weighted by atomic mass is 19.1. The zero-order chi connectivity index (χ0) is 22.8. The van der Waals surface area contributed by atoms with E-state index in [2.05, 4.69) is 15.4 Å². The molecule has 0 radical (unpaired) electrons. The van der Waals surface area contributed by atoms with Crippen LogP contribution in [0.2, 0.25) is 0 Å². The monoisotopic (exact) mass is 440 g/mol. The Hall–Kier alpha value is -3.86. The van der Waals surface area contributed by atoms with Crippen LogP contribution in [0.25, 0.3) is 5.69 Å². The molecule has 1 aromatic heterocycles. The molecule has 1 fully saturated rings. The molecular formula is C21H21FN6O4. The fraction of sp³-hybridized carbons (Fsp3) is 0.286. The van der Waals surface area contributed by atoms with Crippen molar-refractivity contribution in [2.45, 2.75) is 26.1 Å². The maximum absolute atomic E-state index is 14.8. The zero-order valence-electron chi connectivity index (χ0n) is 17.4. The summed E-state index contributed by atoms with van der Waals surface area (Å²) < 4.78 is 21.7. The van der Waals surface area contributed by atoms with Crippen molar-refractivity contribution in [3.63, 3.8) is 0 Å². The summed E-state index contributed by atoms with van der Waals surface area (Å²) in [5.74, 6) is -1.07. The first-order valence-corrected chi connectivity index (χ1v) is 9.96. The van der Waals surface area contributed by atoms with E-state index in [1.807, 2.05) is 18.7 Å². The normalized spacial score (nSPS) is 18.4. The molecule has 0 bridgehead atoms. The maximum atomic E-state index is 14.8. The van der Waals surface area contributed by atoms with Gasteiger partial charge in [0, 0.05) is 30.4 Å². The molecule has 4 rings (SSSR count). The highest BCUT2D eigenvalue weighted by molar-refractivity contribution is 6.05. The van der Waals surface area contributed by atoms with Crippen LogP contribution < -0.4 is 10.2 Å². The van der Waals surface area contributed by atoms with Gasteiger partial charge in [-0.25, -0.2) is 14.1 Å². The lowest BCUT2D eigenvalue weighted by Gasteiger charge is -2.37. The summed E-state index contributed by atoms with van der Waals surface area (Å²) in [5.41, 5.74) is 0.598. The predicted molar refractivity (Wildman–Crippen MR) is 115 cm³/mol. The largest absolute Gasteiger partial charge is 0.372 e. The van der Waals surface area contributed by atoms with Gasteiger partial charge in [-0.05, 0) is 44.2 Å². The molecule has 2 unspecified atom stereocenters. The number of benzene rings is 2. The number of nitrogens with zero attached hydrogens (tertiary/aromatic N) is 5. The van der Waals surface area contributed by atoms with Crippen molar-refractivity contribution in [3.8, 4) is 5.69 Å². The Morgan fingerprint density at radius 1 is 1.19 bits per heavy atom. The molecule has 0 saturated carbocycles. The number of ether oxygens (including phenoxy) is 1. The van der Waals surface area contributed by atoms with Crippen molar-refractivity contribution in [1.29, 1.82) is 0 Å². The molecule has 2 heterocycles. The molecule has 1 amide bonds. The number of halogens is 1. The molecule has 0 aliphatic carbocycles. The van der Waals surface area contributed by atoms with Crippen LogP contribution in [0.5, 0.6) is 0 Å². The van der Waals surface area contributed by atoms with E-state index in [1.165, 1.54) is 35.5 Å². The van der Waals surface area contributed by atoms with Gasteiger partial charge in [-0.1, -0.05) is 0 Å². The smallest absolute Gasteiger partial charge is 0.295 e. The number of carbonyl (C=O) groups excluding carboxylic acids is 1. The van der Waals surface area contributed by atoms with E-state index in [4.69, 9.17) is 4.74 Å². The molecule has 1 saturated heterocycles. The summed E-state index contributed by atoms with van der Waals surface area (Å²) in [6, 6.07) is 8.42. The molecule has 32 heavy (non-hydrogen) atoms. The summed E-state index contributed by atoms with van der Waals surface area (Å²) in [6.45, 7) is 4.99. The number of hydrogen-bond donors (Lipinski definition) is 1. The average molecular weight is 440 g/mol. The first-order chi connectivity index (χ1) is 15.3. The summed E-state index contributed by atoms with van der Waals surface area (Å²) >= 11 is 0. The third-order valence-corrected chi connectivity index (χ3v) is 5.07. The van der Waals surface area contributed by atoms with Gasteiger partial charge in [0.05, 0.1) is 22.8 Å². The Morgan fingerprint density at radius 2 is 1.91 bits per heavy atom. The van der Waals surface area contributed by atoms with E-state index in [-0.39, 0.29) is 34.8 Å². The van der Waals surface area contributed by atoms with Crippen LogP contribution >= 0.6 is 0 Å². The minimum absolute atomic E-state index is 0.0196. The molecular weight excluding hydrogens is 419 g/mol. The molecule has 2 aromatic carbocycles. The Morgan fingerprint density at radius 3 is 2.53 bits per heavy atom. The molecule has 3 aromatic rings. The van der Waals surface area contributed by atoms with Crippen LogP contribution in [0.4, 0.5) is 21.5 Å². The number of nitro groups is 1. The van der Waals surface area contributed by atoms with Gasteiger partial charge in [-0.2, -0.15) is 5.10 Å². The van der Waals surface area contributed by atoms with Gasteiger partial charge < -0.3 is 15.0 Å². The van der Waals surface area contributed by atoms with Crippen molar-refractivity contribution >= 4 is 23.0 Å². The van der Waals surface area contributed by atoms with Crippen LogP contribution in [0.1, 0.15) is 24.2 Å². The average Bonchev–Trinajstić information content (AvgIpc) is 3.27. The molecule has 2 atom stereocenters. The molecule has 166 valence electrons. The van der Waals surface area contributed by atoms with Crippen LogP contribution in [0, 0.1) is 15.9 Å². The lowest BCUT2D eigenvalue weighted by molar-refractivity contribution is -0.384. The Bertz CT molecular complexity index is 1140. The van der Waals surface area contributed by atoms with Gasteiger partial charge >= 0.3 is 0 Å². The van der Waals surface area contributed by atoms with Gasteiger partial charge in [0.1, 0.15) is 24.2 Å². The maximum Gasteiger partial charge on any atom is 0.295 e. The standard InChI is InChI=1S/C21H21FN6O4/c1-13-9-26(10-14(2)32-13)18-6-4-16(8-17(18)22)25-21(29)15-3-5-19(20(7-15)28(30)31)27-12-23-11-24-27/h3-8,11-14H,9-10H2,1-2H3,(H,25,29). The highest BCUT2D eigenvalue weighted by Gasteiger charge is 2.25. The molecule has 0 spiro atoms. The van der Waals surface area contributed by atoms with Crippen molar-refractivity contribution in [1.82, 2.24) is 14.8 Å². The Kier molecular flexibility index (Phi) is 5.82. The summed E-state index contributed by atoms with van der Waals surface area (Å²) in [5, 5.41) is 18.0. The second-order valence-electron chi connectivity index (χ2n) is 7.58. The SMILES string of the molecule is CC1CN(c2ccc(NC(=O)c3ccc(-n4cncn4)c([N+](=O)[O-])c3)cc2F)CC(C)O1. The van der Waals surface area contributed by atoms with Crippen molar-refractivity contribution in [2.24, 2.45) is 0 Å². The number of morpholine rings is 1. The Balaban J connectivity index is 1.53. The molecule has 1 N–H and O–H groups in total. The van der Waals surface area contributed by atoms with E-state index in [0.29, 0.717) is 18.8 Å². The Labute approximate surface area is 182 Å². The lowest BCUT2D eigenvalue weighted by atomic mass is 10.1. The van der Waals surface area contributed by atoms with E-state index in [1.54, 1.807) is 12.1 Å². The van der Waals surface area contributed by atoms with Gasteiger partial charge in [0.15, 0.2) is 0 Å². The van der Waals surface area contributed by atoms with Crippen molar-refractivity contribution in [3.05, 3.63) is 70.5 Å². The van der Waals surface area contributed by atoms with Crippen LogP contribution in [-0.2, 0) is 4.74 Å². The van der Waals surface area contributed by atoms with E-state index in [0.717, 1.165) is 6.07 Å². The van der Waals surface area contributed by atoms with E-state index >= 15 is 0 Å². The minimum Gasteiger partial charge on any atom is -0.372 e. The molecule has 1 aliphatic rings. The number of nitro benzene ring substituents is 1. The number of anilines is 2. The predicted octanol–water partition coefficient (Wildman–Crippen LogP) is 3.18. The van der Waals surface area contributed by atoms with E-state index in [9.17, 15) is 19.3 Å². The first kappa shape index (κ1) is 21.4. The number of aromatic nitrogens is 3. The van der Waals surface area contributed by atoms with Crippen LogP contribution in [0.15, 0.2) is 49.1 Å². The second kappa shape index (κ2) is 8.71. The zero-order valence-corrected chi connectivity index (χ0v) is 17.4. The number of nitrogens with one attached hydrogen (secondary N) is 1. The first-order valence-electron chi connectivity index (χ1n) is 9.96. The van der Waals surface area contributed by atoms with Crippen molar-refractivity contribution < 1.29 is 18.8 Å². The quantitative estimate of drug-likeness (QED) is 0.478.